The first-order valence-electron chi connectivity index (χ1n) is 9.39. The Morgan fingerprint density at radius 3 is 2.63 bits per heavy atom. The summed E-state index contributed by atoms with van der Waals surface area (Å²) < 4.78 is 15.0. The first-order chi connectivity index (χ1) is 14.3. The third-order valence-corrected chi connectivity index (χ3v) is 4.77. The van der Waals surface area contributed by atoms with E-state index in [4.69, 9.17) is 5.73 Å². The minimum atomic E-state index is -0.832. The molecule has 0 radical (unpaired) electrons. The van der Waals surface area contributed by atoms with E-state index in [2.05, 4.69) is 20.5 Å². The smallest absolute Gasteiger partial charge is 0.272 e. The third kappa shape index (κ3) is 3.59. The highest BCUT2D eigenvalue weighted by Gasteiger charge is 2.35. The summed E-state index contributed by atoms with van der Waals surface area (Å²) in [6.07, 6.45) is 3.27. The predicted molar refractivity (Wildman–Crippen MR) is 110 cm³/mol. The van der Waals surface area contributed by atoms with Crippen LogP contribution in [0.3, 0.4) is 0 Å². The molecule has 2 amide bonds. The lowest BCUT2D eigenvalue weighted by molar-refractivity contribution is -0.119. The average Bonchev–Trinajstić information content (AvgIpc) is 3.33. The second-order valence-corrected chi connectivity index (χ2v) is 7.26. The van der Waals surface area contributed by atoms with Gasteiger partial charge in [-0.25, -0.2) is 14.1 Å². The zero-order chi connectivity index (χ0) is 21.4. The fourth-order valence-electron chi connectivity index (χ4n) is 3.29. The van der Waals surface area contributed by atoms with Gasteiger partial charge in [-0.1, -0.05) is 0 Å². The molecule has 0 aliphatic carbocycles. The Labute approximate surface area is 171 Å². The van der Waals surface area contributed by atoms with Gasteiger partial charge in [-0.2, -0.15) is 10.2 Å². The topological polar surface area (TPSA) is 119 Å². The number of nitrogens with two attached hydrogens (primary N) is 1. The van der Waals surface area contributed by atoms with E-state index in [1.54, 1.807) is 23.1 Å². The fourth-order valence-corrected chi connectivity index (χ4v) is 3.29. The maximum absolute atomic E-state index is 13.2. The molecule has 1 atom stereocenters. The minimum absolute atomic E-state index is 0.0412. The average molecular weight is 409 g/mol. The molecular formula is C20H20FN7O2. The summed E-state index contributed by atoms with van der Waals surface area (Å²) in [6, 6.07) is 6.54. The first-order valence-corrected chi connectivity index (χ1v) is 9.39. The maximum atomic E-state index is 13.2. The van der Waals surface area contributed by atoms with Gasteiger partial charge in [0.05, 0.1) is 23.8 Å². The van der Waals surface area contributed by atoms with Crippen LogP contribution in [0.25, 0.3) is 11.0 Å². The molecule has 154 valence electrons. The second kappa shape index (κ2) is 7.54. The Hall–Kier alpha value is -3.82. The molecule has 0 saturated carbocycles. The van der Waals surface area contributed by atoms with Crippen LogP contribution >= 0.6 is 0 Å². The van der Waals surface area contributed by atoms with Gasteiger partial charge in [0.25, 0.3) is 5.91 Å². The van der Waals surface area contributed by atoms with Gasteiger partial charge in [-0.15, -0.1) is 0 Å². The van der Waals surface area contributed by atoms with Crippen LogP contribution in [-0.4, -0.2) is 38.3 Å². The summed E-state index contributed by atoms with van der Waals surface area (Å²) in [7, 11) is 0. The van der Waals surface area contributed by atoms with Crippen molar-refractivity contribution in [3.63, 3.8) is 0 Å². The molecule has 30 heavy (non-hydrogen) atoms. The van der Waals surface area contributed by atoms with Crippen LogP contribution in [0.4, 0.5) is 15.8 Å². The van der Waals surface area contributed by atoms with Crippen molar-refractivity contribution in [2.45, 2.75) is 32.4 Å². The van der Waals surface area contributed by atoms with Gasteiger partial charge in [-0.05, 0) is 44.2 Å². The Bertz CT molecular complexity index is 1150. The van der Waals surface area contributed by atoms with Crippen LogP contribution in [0, 0.1) is 5.82 Å². The molecule has 1 aliphatic rings. The van der Waals surface area contributed by atoms with Gasteiger partial charge in [-0.3, -0.25) is 14.6 Å². The Morgan fingerprint density at radius 2 is 1.97 bits per heavy atom. The molecule has 3 N–H and O–H groups in total. The monoisotopic (exact) mass is 409 g/mol. The standard InChI is InChI=1S/C20H20FN7O2/c1-11(2)27-19-12(9-24-27)7-14(10-23-19)25-20(30)16-8-17(18(22)29)28(26-16)15-5-3-13(21)4-6-15/h3-7,9-11,17H,8H2,1-2H3,(H2,22,29)(H,25,30). The number of fused-ring (bicyclic) bond motifs is 1. The number of carbonyl (C=O) groups excluding carboxylic acids is 2. The van der Waals surface area contributed by atoms with Gasteiger partial charge in [0.15, 0.2) is 5.65 Å². The first kappa shape index (κ1) is 19.5. The van der Waals surface area contributed by atoms with Crippen LogP contribution in [0.5, 0.6) is 0 Å². The lowest BCUT2D eigenvalue weighted by Crippen LogP contribution is -2.39. The van der Waals surface area contributed by atoms with Crippen molar-refractivity contribution in [2.75, 3.05) is 10.3 Å². The zero-order valence-electron chi connectivity index (χ0n) is 16.4. The largest absolute Gasteiger partial charge is 0.368 e. The van der Waals surface area contributed by atoms with Crippen molar-refractivity contribution in [3.8, 4) is 0 Å². The number of pyridine rings is 1. The number of nitrogens with one attached hydrogen (secondary N) is 1. The van der Waals surface area contributed by atoms with E-state index in [0.717, 1.165) is 11.0 Å². The van der Waals surface area contributed by atoms with Crippen molar-refractivity contribution >= 4 is 39.9 Å². The van der Waals surface area contributed by atoms with Crippen molar-refractivity contribution in [3.05, 3.63) is 48.5 Å². The number of halogens is 1. The van der Waals surface area contributed by atoms with Crippen LogP contribution in [-0.2, 0) is 9.59 Å². The minimum Gasteiger partial charge on any atom is -0.368 e. The molecule has 1 unspecified atom stereocenters. The number of rotatable bonds is 5. The number of primary amides is 1. The Kier molecular flexibility index (Phi) is 4.90. The number of amides is 2. The quantitative estimate of drug-likeness (QED) is 0.670. The highest BCUT2D eigenvalue weighted by atomic mass is 19.1. The molecule has 0 spiro atoms. The molecule has 0 fully saturated rings. The number of hydrazone groups is 1. The van der Waals surface area contributed by atoms with Crippen molar-refractivity contribution in [2.24, 2.45) is 10.8 Å². The number of anilines is 2. The number of nitrogens with zero attached hydrogens (tertiary/aromatic N) is 5. The fraction of sp³-hybridized carbons (Fsp3) is 0.250. The molecule has 4 rings (SSSR count). The van der Waals surface area contributed by atoms with E-state index in [-0.39, 0.29) is 18.2 Å². The van der Waals surface area contributed by atoms with Gasteiger partial charge in [0.2, 0.25) is 5.91 Å². The Morgan fingerprint density at radius 1 is 1.23 bits per heavy atom. The SMILES string of the molecule is CC(C)n1ncc2cc(NC(=O)C3=NN(c4ccc(F)cc4)C(C(N)=O)C3)cnc21. The second-order valence-electron chi connectivity index (χ2n) is 7.26. The summed E-state index contributed by atoms with van der Waals surface area (Å²) >= 11 is 0. The third-order valence-electron chi connectivity index (χ3n) is 4.77. The molecule has 9 nitrogen and oxygen atoms in total. The van der Waals surface area contributed by atoms with Crippen LogP contribution in [0.15, 0.2) is 47.8 Å². The van der Waals surface area contributed by atoms with Gasteiger partial charge < -0.3 is 11.1 Å². The summed E-state index contributed by atoms with van der Waals surface area (Å²) in [5.41, 5.74) is 7.29. The molecule has 1 aromatic carbocycles. The summed E-state index contributed by atoms with van der Waals surface area (Å²) in [6.45, 7) is 4.01. The van der Waals surface area contributed by atoms with Crippen molar-refractivity contribution in [1.82, 2.24) is 14.8 Å². The molecular weight excluding hydrogens is 389 g/mol. The van der Waals surface area contributed by atoms with Gasteiger partial charge >= 0.3 is 0 Å². The predicted octanol–water partition coefficient (Wildman–Crippen LogP) is 2.21. The molecule has 0 saturated heterocycles. The molecule has 0 bridgehead atoms. The van der Waals surface area contributed by atoms with E-state index >= 15 is 0 Å². The van der Waals surface area contributed by atoms with Gasteiger partial charge in [0.1, 0.15) is 17.6 Å². The molecule has 2 aromatic heterocycles. The van der Waals surface area contributed by atoms with E-state index in [1.165, 1.54) is 29.3 Å². The number of benzene rings is 1. The number of hydrogen-bond acceptors (Lipinski definition) is 6. The summed E-state index contributed by atoms with van der Waals surface area (Å²) in [4.78, 5) is 29.0. The maximum Gasteiger partial charge on any atom is 0.272 e. The Balaban J connectivity index is 1.56. The highest BCUT2D eigenvalue weighted by Crippen LogP contribution is 2.26. The van der Waals surface area contributed by atoms with Crippen molar-refractivity contribution in [1.29, 1.82) is 0 Å². The van der Waals surface area contributed by atoms with E-state index in [1.807, 2.05) is 13.8 Å². The lowest BCUT2D eigenvalue weighted by atomic mass is 10.1. The van der Waals surface area contributed by atoms with E-state index in [0.29, 0.717) is 11.4 Å². The molecule has 3 aromatic rings. The number of hydrogen-bond donors (Lipinski definition) is 2. The molecule has 1 aliphatic heterocycles. The molecule has 3 heterocycles. The van der Waals surface area contributed by atoms with Crippen LogP contribution in [0.1, 0.15) is 26.3 Å². The van der Waals surface area contributed by atoms with Crippen LogP contribution < -0.4 is 16.1 Å². The van der Waals surface area contributed by atoms with Crippen LogP contribution in [0.2, 0.25) is 0 Å². The number of carbonyl (C=O) groups is 2. The number of aromatic nitrogens is 3. The molecule has 10 heteroatoms. The lowest BCUT2D eigenvalue weighted by Gasteiger charge is -2.20. The van der Waals surface area contributed by atoms with Crippen molar-refractivity contribution < 1.29 is 14.0 Å². The summed E-state index contributed by atoms with van der Waals surface area (Å²) in [5.74, 6) is -1.52. The van der Waals surface area contributed by atoms with E-state index in [9.17, 15) is 14.0 Å². The van der Waals surface area contributed by atoms with E-state index < -0.39 is 23.7 Å². The normalized spacial score (nSPS) is 16.2. The van der Waals surface area contributed by atoms with Gasteiger partial charge in [0, 0.05) is 17.8 Å². The highest BCUT2D eigenvalue weighted by molar-refractivity contribution is 6.44. The zero-order valence-corrected chi connectivity index (χ0v) is 16.4. The summed E-state index contributed by atoms with van der Waals surface area (Å²) in [5, 5.41) is 13.4.